The Morgan fingerprint density at radius 1 is 1.21 bits per heavy atom. The molecule has 4 rings (SSSR count). The van der Waals surface area contributed by atoms with E-state index < -0.39 is 6.61 Å². The molecule has 0 radical (unpaired) electrons. The van der Waals surface area contributed by atoms with Gasteiger partial charge in [0.25, 0.3) is 0 Å². The van der Waals surface area contributed by atoms with Crippen molar-refractivity contribution in [1.82, 2.24) is 24.9 Å². The fourth-order valence-corrected chi connectivity index (χ4v) is 2.49. The summed E-state index contributed by atoms with van der Waals surface area (Å²) in [6, 6.07) is 2.94. The van der Waals surface area contributed by atoms with Gasteiger partial charge in [0, 0.05) is 23.6 Å². The van der Waals surface area contributed by atoms with Crippen LogP contribution in [-0.2, 0) is 0 Å². The van der Waals surface area contributed by atoms with Gasteiger partial charge in [-0.2, -0.15) is 8.78 Å². The minimum absolute atomic E-state index is 0.141. The van der Waals surface area contributed by atoms with Gasteiger partial charge < -0.3 is 9.72 Å². The summed E-state index contributed by atoms with van der Waals surface area (Å²) in [6.07, 6.45) is 4.51. The average molecular weight is 331 g/mol. The molecule has 0 saturated heterocycles. The van der Waals surface area contributed by atoms with Gasteiger partial charge in [0.2, 0.25) is 11.4 Å². The number of alkyl halides is 2. The standard InChI is InChI=1S/C15H11F2N5O2/c16-15(17)24-14-10(11(7-1-2-7)19-6-20-14)13-18-5-8-3-4-9(23)21-12(8)22-13/h3-7,15H,1-2H2,(H,18,21,22,23). The maximum atomic E-state index is 12.7. The van der Waals surface area contributed by atoms with Gasteiger partial charge >= 0.3 is 6.61 Å². The molecule has 1 aliphatic rings. The maximum absolute atomic E-state index is 12.7. The minimum atomic E-state index is -3.02. The summed E-state index contributed by atoms with van der Waals surface area (Å²) in [6.45, 7) is -3.02. The Morgan fingerprint density at radius 3 is 2.79 bits per heavy atom. The van der Waals surface area contributed by atoms with Crippen LogP contribution in [-0.4, -0.2) is 31.5 Å². The van der Waals surface area contributed by atoms with Crippen molar-refractivity contribution in [2.24, 2.45) is 0 Å². The fraction of sp³-hybridized carbons (Fsp3) is 0.267. The first kappa shape index (κ1) is 14.6. The lowest BCUT2D eigenvalue weighted by Crippen LogP contribution is -2.09. The van der Waals surface area contributed by atoms with E-state index in [-0.39, 0.29) is 28.7 Å². The molecule has 24 heavy (non-hydrogen) atoms. The van der Waals surface area contributed by atoms with Crippen LogP contribution >= 0.6 is 0 Å². The van der Waals surface area contributed by atoms with Crippen LogP contribution in [0.2, 0.25) is 0 Å². The molecule has 1 N–H and O–H groups in total. The second-order valence-electron chi connectivity index (χ2n) is 5.41. The highest BCUT2D eigenvalue weighted by Crippen LogP contribution is 2.45. The zero-order chi connectivity index (χ0) is 16.7. The monoisotopic (exact) mass is 331 g/mol. The van der Waals surface area contributed by atoms with Crippen LogP contribution in [0.4, 0.5) is 8.78 Å². The molecule has 0 spiro atoms. The molecule has 0 amide bonds. The molecule has 3 aromatic rings. The molecule has 0 atom stereocenters. The first-order chi connectivity index (χ1) is 11.6. The van der Waals surface area contributed by atoms with Crippen molar-refractivity contribution in [3.8, 4) is 17.3 Å². The second kappa shape index (κ2) is 5.59. The van der Waals surface area contributed by atoms with Crippen LogP contribution in [0.15, 0.2) is 29.5 Å². The summed E-state index contributed by atoms with van der Waals surface area (Å²) in [4.78, 5) is 30.5. The van der Waals surface area contributed by atoms with Crippen LogP contribution in [0.25, 0.3) is 22.4 Å². The number of halogens is 2. The highest BCUT2D eigenvalue weighted by Gasteiger charge is 2.32. The maximum Gasteiger partial charge on any atom is 0.388 e. The van der Waals surface area contributed by atoms with E-state index >= 15 is 0 Å². The number of H-pyrrole nitrogens is 1. The molecule has 0 unspecified atom stereocenters. The molecule has 122 valence electrons. The SMILES string of the molecule is O=c1ccc2cnc(-c3c(OC(F)F)ncnc3C3CC3)nc2[nH]1. The van der Waals surface area contributed by atoms with Crippen molar-refractivity contribution in [2.75, 3.05) is 0 Å². The Hall–Kier alpha value is -2.97. The van der Waals surface area contributed by atoms with Gasteiger partial charge in [-0.1, -0.05) is 0 Å². The van der Waals surface area contributed by atoms with Crippen molar-refractivity contribution >= 4 is 11.0 Å². The molecule has 1 aliphatic carbocycles. The molecule has 0 aromatic carbocycles. The van der Waals surface area contributed by atoms with E-state index in [2.05, 4.69) is 29.7 Å². The number of hydrogen-bond acceptors (Lipinski definition) is 6. The third-order valence-corrected chi connectivity index (χ3v) is 3.70. The number of rotatable bonds is 4. The number of hydrogen-bond donors (Lipinski definition) is 1. The zero-order valence-electron chi connectivity index (χ0n) is 12.2. The van der Waals surface area contributed by atoms with E-state index in [0.717, 1.165) is 12.8 Å². The molecular formula is C15H11F2N5O2. The molecule has 3 heterocycles. The smallest absolute Gasteiger partial charge is 0.388 e. The lowest BCUT2D eigenvalue weighted by Gasteiger charge is -2.12. The average Bonchev–Trinajstić information content (AvgIpc) is 3.38. The predicted molar refractivity (Wildman–Crippen MR) is 79.8 cm³/mol. The van der Waals surface area contributed by atoms with Gasteiger partial charge in [-0.25, -0.2) is 19.9 Å². The summed E-state index contributed by atoms with van der Waals surface area (Å²) < 4.78 is 29.9. The molecule has 3 aromatic heterocycles. The van der Waals surface area contributed by atoms with Crippen LogP contribution in [0, 0.1) is 0 Å². The van der Waals surface area contributed by atoms with E-state index in [1.807, 2.05) is 0 Å². The summed E-state index contributed by atoms with van der Waals surface area (Å²) in [7, 11) is 0. The summed E-state index contributed by atoms with van der Waals surface area (Å²) in [5.74, 6) is 0.0270. The molecule has 9 heteroatoms. The van der Waals surface area contributed by atoms with Gasteiger partial charge in [0.05, 0.1) is 5.69 Å². The van der Waals surface area contributed by atoms with Crippen LogP contribution in [0.5, 0.6) is 5.88 Å². The van der Waals surface area contributed by atoms with Crippen LogP contribution in [0.1, 0.15) is 24.5 Å². The summed E-state index contributed by atoms with van der Waals surface area (Å²) in [5.41, 5.74) is 0.814. The van der Waals surface area contributed by atoms with Crippen LogP contribution < -0.4 is 10.3 Å². The van der Waals surface area contributed by atoms with Gasteiger partial charge in [-0.3, -0.25) is 4.79 Å². The molecule has 7 nitrogen and oxygen atoms in total. The van der Waals surface area contributed by atoms with E-state index in [4.69, 9.17) is 0 Å². The van der Waals surface area contributed by atoms with E-state index in [0.29, 0.717) is 16.7 Å². The van der Waals surface area contributed by atoms with Gasteiger partial charge in [-0.15, -0.1) is 0 Å². The van der Waals surface area contributed by atoms with Crippen molar-refractivity contribution in [2.45, 2.75) is 25.4 Å². The summed E-state index contributed by atoms with van der Waals surface area (Å²) in [5, 5.41) is 0.625. The first-order valence-electron chi connectivity index (χ1n) is 7.28. The van der Waals surface area contributed by atoms with Gasteiger partial charge in [0.15, 0.2) is 5.82 Å². The highest BCUT2D eigenvalue weighted by molar-refractivity contribution is 5.77. The van der Waals surface area contributed by atoms with E-state index in [9.17, 15) is 13.6 Å². The number of nitrogens with zero attached hydrogens (tertiary/aromatic N) is 4. The molecule has 1 saturated carbocycles. The lowest BCUT2D eigenvalue weighted by atomic mass is 10.1. The lowest BCUT2D eigenvalue weighted by molar-refractivity contribution is -0.0525. The number of ether oxygens (including phenoxy) is 1. The minimum Gasteiger partial charge on any atom is -0.416 e. The van der Waals surface area contributed by atoms with Crippen molar-refractivity contribution in [1.29, 1.82) is 0 Å². The number of fused-ring (bicyclic) bond motifs is 1. The summed E-state index contributed by atoms with van der Waals surface area (Å²) >= 11 is 0. The normalized spacial score (nSPS) is 14.3. The Labute approximate surface area is 133 Å². The topological polar surface area (TPSA) is 93.7 Å². The molecule has 1 fully saturated rings. The number of aromatic nitrogens is 5. The van der Waals surface area contributed by atoms with Crippen molar-refractivity contribution < 1.29 is 13.5 Å². The molecular weight excluding hydrogens is 320 g/mol. The first-order valence-corrected chi connectivity index (χ1v) is 7.28. The van der Waals surface area contributed by atoms with Crippen molar-refractivity contribution in [3.05, 3.63) is 40.7 Å². The van der Waals surface area contributed by atoms with Gasteiger partial charge in [0.1, 0.15) is 17.5 Å². The third-order valence-electron chi connectivity index (χ3n) is 3.70. The second-order valence-corrected chi connectivity index (χ2v) is 5.41. The fourth-order valence-electron chi connectivity index (χ4n) is 2.49. The zero-order valence-corrected chi connectivity index (χ0v) is 12.2. The third kappa shape index (κ3) is 2.68. The van der Waals surface area contributed by atoms with Crippen molar-refractivity contribution in [3.63, 3.8) is 0 Å². The number of aromatic amines is 1. The highest BCUT2D eigenvalue weighted by atomic mass is 19.3. The number of pyridine rings is 1. The van der Waals surface area contributed by atoms with Crippen LogP contribution in [0.3, 0.4) is 0 Å². The predicted octanol–water partition coefficient (Wildman–Crippen LogP) is 2.25. The number of nitrogens with one attached hydrogen (secondary N) is 1. The largest absolute Gasteiger partial charge is 0.416 e. The Bertz CT molecular complexity index is 971. The Kier molecular flexibility index (Phi) is 3.40. The molecule has 0 aliphatic heterocycles. The van der Waals surface area contributed by atoms with E-state index in [1.54, 1.807) is 6.07 Å². The Morgan fingerprint density at radius 2 is 2.04 bits per heavy atom. The van der Waals surface area contributed by atoms with Gasteiger partial charge in [-0.05, 0) is 18.9 Å². The Balaban J connectivity index is 1.92. The molecule has 0 bridgehead atoms. The van der Waals surface area contributed by atoms with E-state index in [1.165, 1.54) is 18.6 Å². The quantitative estimate of drug-likeness (QED) is 0.788.